The van der Waals surface area contributed by atoms with Gasteiger partial charge in [0.1, 0.15) is 9.38 Å². The van der Waals surface area contributed by atoms with Gasteiger partial charge in [0.05, 0.1) is 28.2 Å². The number of hydrogen-bond acceptors (Lipinski definition) is 6. The largest absolute Gasteiger partial charge is 0.338 e. The number of para-hydroxylation sites is 2. The van der Waals surface area contributed by atoms with Crippen LogP contribution in [0.3, 0.4) is 0 Å². The number of rotatable bonds is 4. The molecule has 0 aliphatic carbocycles. The summed E-state index contributed by atoms with van der Waals surface area (Å²) in [6, 6.07) is 16.2. The first-order chi connectivity index (χ1) is 12.7. The first-order valence-electron chi connectivity index (χ1n) is 8.19. The Morgan fingerprint density at radius 2 is 2.00 bits per heavy atom. The molecule has 1 aliphatic heterocycles. The molecule has 26 heavy (non-hydrogen) atoms. The van der Waals surface area contributed by atoms with E-state index < -0.39 is 0 Å². The zero-order valence-electron chi connectivity index (χ0n) is 14.2. The van der Waals surface area contributed by atoms with Crippen molar-refractivity contribution < 1.29 is 4.79 Å². The molecule has 0 saturated heterocycles. The van der Waals surface area contributed by atoms with Crippen molar-refractivity contribution >= 4 is 61.0 Å². The lowest BCUT2D eigenvalue weighted by molar-refractivity contribution is -0.127. The van der Waals surface area contributed by atoms with Crippen LogP contribution in [0.5, 0.6) is 0 Å². The molecule has 2 heterocycles. The number of hydrogen-bond donors (Lipinski definition) is 0. The Labute approximate surface area is 164 Å². The van der Waals surface area contributed by atoms with E-state index in [4.69, 9.17) is 0 Å². The Kier molecular flexibility index (Phi) is 5.28. The molecule has 4 rings (SSSR count). The van der Waals surface area contributed by atoms with Gasteiger partial charge in [-0.2, -0.15) is 0 Å². The topological polar surface area (TPSA) is 45.6 Å². The van der Waals surface area contributed by atoms with Crippen LogP contribution in [0.15, 0.2) is 53.5 Å². The van der Waals surface area contributed by atoms with Crippen LogP contribution in [-0.4, -0.2) is 33.0 Å². The minimum Gasteiger partial charge on any atom is -0.338 e. The maximum Gasteiger partial charge on any atom is 0.233 e. The Balaban J connectivity index is 1.35. The second kappa shape index (κ2) is 7.82. The zero-order chi connectivity index (χ0) is 17.9. The van der Waals surface area contributed by atoms with E-state index in [-0.39, 0.29) is 5.91 Å². The van der Waals surface area contributed by atoms with Crippen LogP contribution in [0.2, 0.25) is 0 Å². The molecule has 132 valence electrons. The van der Waals surface area contributed by atoms with Crippen molar-refractivity contribution in [2.24, 2.45) is 4.99 Å². The number of amides is 1. The van der Waals surface area contributed by atoms with Gasteiger partial charge in [-0.25, -0.2) is 9.98 Å². The maximum absolute atomic E-state index is 12.5. The van der Waals surface area contributed by atoms with Gasteiger partial charge in [-0.15, -0.1) is 11.3 Å². The lowest BCUT2D eigenvalue weighted by atomic mass is 10.2. The third-order valence-electron chi connectivity index (χ3n) is 4.01. The molecule has 0 bridgehead atoms. The van der Waals surface area contributed by atoms with Gasteiger partial charge in [-0.05, 0) is 23.8 Å². The standard InChI is InChI=1S/C19H17N3OS3/c1-22(10-17-20-15-8-4-5-9-16(15)26-17)18(23)12-25-19-21-14-7-3-2-6-13(14)11-24-19/h2-9H,10-12H2,1H3. The van der Waals surface area contributed by atoms with Crippen LogP contribution in [0.25, 0.3) is 10.2 Å². The van der Waals surface area contributed by atoms with E-state index in [0.29, 0.717) is 12.3 Å². The number of aromatic nitrogens is 1. The SMILES string of the molecule is CN(Cc1nc2ccccc2s1)C(=O)CSC1=Nc2ccccc2CS1. The number of carbonyl (C=O) groups is 1. The molecule has 0 fully saturated rings. The number of aliphatic imine (C=N–C) groups is 1. The second-order valence-corrected chi connectivity index (χ2v) is 9.21. The van der Waals surface area contributed by atoms with Gasteiger partial charge in [-0.1, -0.05) is 53.9 Å². The van der Waals surface area contributed by atoms with Crippen LogP contribution < -0.4 is 0 Å². The first-order valence-corrected chi connectivity index (χ1v) is 11.0. The summed E-state index contributed by atoms with van der Waals surface area (Å²) >= 11 is 4.86. The van der Waals surface area contributed by atoms with Crippen molar-refractivity contribution in [2.45, 2.75) is 12.3 Å². The molecule has 3 aromatic rings. The zero-order valence-corrected chi connectivity index (χ0v) is 16.7. The molecular weight excluding hydrogens is 382 g/mol. The first kappa shape index (κ1) is 17.6. The fourth-order valence-electron chi connectivity index (χ4n) is 2.60. The quantitative estimate of drug-likeness (QED) is 0.624. The van der Waals surface area contributed by atoms with Crippen molar-refractivity contribution in [3.8, 4) is 0 Å². The van der Waals surface area contributed by atoms with E-state index in [0.717, 1.165) is 31.0 Å². The van der Waals surface area contributed by atoms with E-state index in [1.54, 1.807) is 28.0 Å². The average Bonchev–Trinajstić information content (AvgIpc) is 3.08. The van der Waals surface area contributed by atoms with Crippen molar-refractivity contribution in [2.75, 3.05) is 12.8 Å². The molecular formula is C19H17N3OS3. The van der Waals surface area contributed by atoms with Crippen LogP contribution in [-0.2, 0) is 17.1 Å². The minimum atomic E-state index is 0.0939. The lowest BCUT2D eigenvalue weighted by Crippen LogP contribution is -2.28. The highest BCUT2D eigenvalue weighted by Gasteiger charge is 2.17. The summed E-state index contributed by atoms with van der Waals surface area (Å²) in [5.41, 5.74) is 3.26. The molecule has 1 aromatic heterocycles. The predicted molar refractivity (Wildman–Crippen MR) is 113 cm³/mol. The highest BCUT2D eigenvalue weighted by atomic mass is 32.2. The number of fused-ring (bicyclic) bond motifs is 2. The predicted octanol–water partition coefficient (Wildman–Crippen LogP) is 4.92. The molecule has 7 heteroatoms. The monoisotopic (exact) mass is 399 g/mol. The molecule has 0 spiro atoms. The number of thioether (sulfide) groups is 2. The van der Waals surface area contributed by atoms with Crippen LogP contribution in [0.4, 0.5) is 5.69 Å². The van der Waals surface area contributed by atoms with Gasteiger partial charge in [0.15, 0.2) is 0 Å². The number of benzene rings is 2. The smallest absolute Gasteiger partial charge is 0.233 e. The molecule has 4 nitrogen and oxygen atoms in total. The van der Waals surface area contributed by atoms with E-state index in [1.807, 2.05) is 43.4 Å². The fourth-order valence-corrected chi connectivity index (χ4v) is 5.62. The Bertz CT molecular complexity index is 950. The Morgan fingerprint density at radius 1 is 1.19 bits per heavy atom. The number of carbonyl (C=O) groups excluding carboxylic acids is 1. The summed E-state index contributed by atoms with van der Waals surface area (Å²) in [6.45, 7) is 0.543. The van der Waals surface area contributed by atoms with Crippen molar-refractivity contribution in [3.63, 3.8) is 0 Å². The summed E-state index contributed by atoms with van der Waals surface area (Å²) in [6.07, 6.45) is 0. The Hall–Kier alpha value is -1.83. The summed E-state index contributed by atoms with van der Waals surface area (Å²) in [5, 5.41) is 0.963. The van der Waals surface area contributed by atoms with Crippen molar-refractivity contribution in [1.82, 2.24) is 9.88 Å². The van der Waals surface area contributed by atoms with Gasteiger partial charge in [0, 0.05) is 12.8 Å². The normalized spacial score (nSPS) is 13.3. The molecule has 1 amide bonds. The van der Waals surface area contributed by atoms with Gasteiger partial charge >= 0.3 is 0 Å². The van der Waals surface area contributed by atoms with Crippen LogP contribution in [0.1, 0.15) is 10.6 Å². The number of nitrogens with zero attached hydrogens (tertiary/aromatic N) is 3. The van der Waals surface area contributed by atoms with Crippen LogP contribution >= 0.6 is 34.9 Å². The number of thiazole rings is 1. The summed E-state index contributed by atoms with van der Waals surface area (Å²) in [7, 11) is 1.83. The Morgan fingerprint density at radius 3 is 2.88 bits per heavy atom. The molecule has 0 unspecified atom stereocenters. The van der Waals surface area contributed by atoms with E-state index in [2.05, 4.69) is 22.1 Å². The van der Waals surface area contributed by atoms with Gasteiger partial charge in [0.2, 0.25) is 5.91 Å². The molecule has 0 atom stereocenters. The van der Waals surface area contributed by atoms with Crippen molar-refractivity contribution in [1.29, 1.82) is 0 Å². The summed E-state index contributed by atoms with van der Waals surface area (Å²) in [5.74, 6) is 1.41. The van der Waals surface area contributed by atoms with Gasteiger partial charge in [-0.3, -0.25) is 4.79 Å². The molecule has 0 saturated carbocycles. The lowest BCUT2D eigenvalue weighted by Gasteiger charge is -2.17. The van der Waals surface area contributed by atoms with Crippen LogP contribution in [0, 0.1) is 0 Å². The average molecular weight is 400 g/mol. The molecule has 0 N–H and O–H groups in total. The fraction of sp³-hybridized carbons (Fsp3) is 0.211. The third kappa shape index (κ3) is 3.95. The van der Waals surface area contributed by atoms with Gasteiger partial charge in [0.25, 0.3) is 0 Å². The van der Waals surface area contributed by atoms with Gasteiger partial charge < -0.3 is 4.90 Å². The van der Waals surface area contributed by atoms with E-state index in [9.17, 15) is 4.79 Å². The maximum atomic E-state index is 12.5. The molecule has 2 aromatic carbocycles. The summed E-state index contributed by atoms with van der Waals surface area (Å²) in [4.78, 5) is 23.5. The summed E-state index contributed by atoms with van der Waals surface area (Å²) < 4.78 is 2.12. The van der Waals surface area contributed by atoms with E-state index >= 15 is 0 Å². The second-order valence-electron chi connectivity index (χ2n) is 5.91. The van der Waals surface area contributed by atoms with E-state index in [1.165, 1.54) is 17.3 Å². The molecule has 1 aliphatic rings. The third-order valence-corrected chi connectivity index (χ3v) is 7.26. The highest BCUT2D eigenvalue weighted by molar-refractivity contribution is 8.38. The minimum absolute atomic E-state index is 0.0939. The highest BCUT2D eigenvalue weighted by Crippen LogP contribution is 2.34. The molecule has 0 radical (unpaired) electrons. The van der Waals surface area contributed by atoms with Crippen molar-refractivity contribution in [3.05, 3.63) is 59.1 Å².